The molecule has 0 fully saturated rings. The minimum atomic E-state index is -0.279. The summed E-state index contributed by atoms with van der Waals surface area (Å²) in [5.41, 5.74) is 3.26. The zero-order valence-electron chi connectivity index (χ0n) is 14.5. The molecule has 0 unspecified atom stereocenters. The minimum Gasteiger partial charge on any atom is -0.492 e. The van der Waals surface area contributed by atoms with Crippen LogP contribution in [0.3, 0.4) is 0 Å². The van der Waals surface area contributed by atoms with Crippen LogP contribution in [0.5, 0.6) is 0 Å². The Hall–Kier alpha value is -3.47. The van der Waals surface area contributed by atoms with E-state index in [0.717, 1.165) is 22.7 Å². The van der Waals surface area contributed by atoms with Crippen LogP contribution in [0.25, 0.3) is 0 Å². The monoisotopic (exact) mass is 346 g/mol. The number of Topliss-reactive ketones (excluding diaryl/α,β-unsaturated/α-hetero) is 1. The fourth-order valence-corrected chi connectivity index (χ4v) is 2.39. The first-order valence-corrected chi connectivity index (χ1v) is 8.03. The summed E-state index contributed by atoms with van der Waals surface area (Å²) in [5.74, 6) is 0.171. The SMILES string of the molecule is COC1=CC(=CN=C2C=CC(=Nc3ccccc3)C=C2)C=C(OC)C1=O. The van der Waals surface area contributed by atoms with Crippen molar-refractivity contribution in [3.05, 3.63) is 90.1 Å². The van der Waals surface area contributed by atoms with Gasteiger partial charge in [-0.2, -0.15) is 0 Å². The largest absolute Gasteiger partial charge is 0.492 e. The highest BCUT2D eigenvalue weighted by Crippen LogP contribution is 2.20. The molecule has 0 saturated carbocycles. The fourth-order valence-electron chi connectivity index (χ4n) is 2.39. The van der Waals surface area contributed by atoms with Crippen molar-refractivity contribution in [2.75, 3.05) is 14.2 Å². The molecule has 1 aromatic rings. The van der Waals surface area contributed by atoms with Gasteiger partial charge in [0.1, 0.15) is 0 Å². The number of hydrogen-bond donors (Lipinski definition) is 0. The maximum Gasteiger partial charge on any atom is 0.261 e. The van der Waals surface area contributed by atoms with Crippen molar-refractivity contribution in [1.29, 1.82) is 0 Å². The predicted molar refractivity (Wildman–Crippen MR) is 103 cm³/mol. The van der Waals surface area contributed by atoms with Crippen LogP contribution < -0.4 is 0 Å². The van der Waals surface area contributed by atoms with Gasteiger partial charge in [0.05, 0.1) is 31.3 Å². The number of para-hydroxylation sites is 1. The Labute approximate surface area is 152 Å². The molecule has 0 saturated heterocycles. The quantitative estimate of drug-likeness (QED) is 0.778. The van der Waals surface area contributed by atoms with Crippen LogP contribution >= 0.6 is 0 Å². The van der Waals surface area contributed by atoms with Crippen molar-refractivity contribution in [1.82, 2.24) is 0 Å². The van der Waals surface area contributed by atoms with Crippen molar-refractivity contribution in [2.45, 2.75) is 0 Å². The number of nitrogens with zero attached hydrogens (tertiary/aromatic N) is 2. The fraction of sp³-hybridized carbons (Fsp3) is 0.0952. The molecular formula is C21H18N2O3. The van der Waals surface area contributed by atoms with E-state index in [9.17, 15) is 4.79 Å². The van der Waals surface area contributed by atoms with Gasteiger partial charge >= 0.3 is 0 Å². The van der Waals surface area contributed by atoms with Crippen molar-refractivity contribution in [3.8, 4) is 0 Å². The Morgan fingerprint density at radius 3 is 2.00 bits per heavy atom. The van der Waals surface area contributed by atoms with E-state index in [2.05, 4.69) is 9.98 Å². The highest BCUT2D eigenvalue weighted by atomic mass is 16.5. The number of allylic oxidation sites excluding steroid dienone is 7. The highest BCUT2D eigenvalue weighted by Gasteiger charge is 2.21. The van der Waals surface area contributed by atoms with Gasteiger partial charge in [-0.15, -0.1) is 0 Å². The van der Waals surface area contributed by atoms with Gasteiger partial charge in [-0.3, -0.25) is 9.79 Å². The van der Waals surface area contributed by atoms with Gasteiger partial charge < -0.3 is 9.47 Å². The number of benzene rings is 1. The summed E-state index contributed by atoms with van der Waals surface area (Å²) in [7, 11) is 2.90. The molecule has 5 heteroatoms. The molecule has 0 atom stereocenters. The standard InChI is InChI=1S/C21H18N2O3/c1-25-19-12-15(13-20(26-2)21(19)24)14-22-16-8-10-18(11-9-16)23-17-6-4-3-5-7-17/h3-14H,1-2H3. The van der Waals surface area contributed by atoms with Gasteiger partial charge in [0.2, 0.25) is 0 Å². The van der Waals surface area contributed by atoms with E-state index in [-0.39, 0.29) is 17.3 Å². The predicted octanol–water partition coefficient (Wildman–Crippen LogP) is 3.85. The molecule has 0 aromatic heterocycles. The number of carbonyl (C=O) groups is 1. The van der Waals surface area contributed by atoms with E-state index in [1.807, 2.05) is 54.6 Å². The van der Waals surface area contributed by atoms with Gasteiger partial charge in [-0.25, -0.2) is 4.99 Å². The van der Waals surface area contributed by atoms with Crippen LogP contribution in [-0.2, 0) is 14.3 Å². The molecule has 0 bridgehead atoms. The normalized spacial score (nSPS) is 16.1. The zero-order chi connectivity index (χ0) is 18.4. The molecule has 0 spiro atoms. The van der Waals surface area contributed by atoms with E-state index >= 15 is 0 Å². The van der Waals surface area contributed by atoms with Crippen molar-refractivity contribution in [3.63, 3.8) is 0 Å². The number of hydrogen-bond acceptors (Lipinski definition) is 5. The Balaban J connectivity index is 1.77. The second kappa shape index (κ2) is 8.07. The van der Waals surface area contributed by atoms with Crippen LogP contribution in [0.4, 0.5) is 5.69 Å². The lowest BCUT2D eigenvalue weighted by Gasteiger charge is -2.13. The molecule has 3 rings (SSSR count). The lowest BCUT2D eigenvalue weighted by Crippen LogP contribution is -2.13. The minimum absolute atomic E-state index is 0.225. The Morgan fingerprint density at radius 2 is 1.42 bits per heavy atom. The van der Waals surface area contributed by atoms with Gasteiger partial charge in [-0.1, -0.05) is 18.2 Å². The number of rotatable bonds is 4. The van der Waals surface area contributed by atoms with E-state index in [1.165, 1.54) is 14.2 Å². The molecule has 5 nitrogen and oxygen atoms in total. The summed E-state index contributed by atoms with van der Waals surface area (Å²) >= 11 is 0. The second-order valence-electron chi connectivity index (χ2n) is 5.48. The summed E-state index contributed by atoms with van der Waals surface area (Å²) < 4.78 is 10.2. The van der Waals surface area contributed by atoms with Crippen LogP contribution in [0.1, 0.15) is 0 Å². The number of aliphatic imine (C=N–C) groups is 2. The molecular weight excluding hydrogens is 328 g/mol. The van der Waals surface area contributed by atoms with E-state index < -0.39 is 0 Å². The summed E-state index contributed by atoms with van der Waals surface area (Å²) in [5, 5.41) is 0. The summed E-state index contributed by atoms with van der Waals surface area (Å²) in [4.78, 5) is 20.9. The van der Waals surface area contributed by atoms with Gasteiger partial charge in [0.15, 0.2) is 11.5 Å². The molecule has 130 valence electrons. The first-order chi connectivity index (χ1) is 12.7. The summed E-state index contributed by atoms with van der Waals surface area (Å²) in [6.07, 6.45) is 12.5. The molecule has 2 aliphatic carbocycles. The number of ether oxygens (including phenoxy) is 2. The smallest absolute Gasteiger partial charge is 0.261 e. The van der Waals surface area contributed by atoms with Crippen molar-refractivity contribution >= 4 is 22.9 Å². The molecule has 0 heterocycles. The lowest BCUT2D eigenvalue weighted by atomic mass is 10.1. The highest BCUT2D eigenvalue weighted by molar-refractivity contribution is 6.19. The third-order valence-corrected chi connectivity index (χ3v) is 3.71. The maximum atomic E-state index is 11.9. The van der Waals surface area contributed by atoms with Gasteiger partial charge in [0, 0.05) is 11.8 Å². The number of methoxy groups -OCH3 is 2. The van der Waals surface area contributed by atoms with Crippen molar-refractivity contribution < 1.29 is 14.3 Å². The van der Waals surface area contributed by atoms with Crippen LogP contribution in [0.2, 0.25) is 0 Å². The number of carbonyl (C=O) groups excluding carboxylic acids is 1. The third-order valence-electron chi connectivity index (χ3n) is 3.71. The molecule has 1 aromatic carbocycles. The van der Waals surface area contributed by atoms with Crippen LogP contribution in [0, 0.1) is 0 Å². The van der Waals surface area contributed by atoms with Gasteiger partial charge in [-0.05, 0) is 48.6 Å². The Morgan fingerprint density at radius 1 is 0.846 bits per heavy atom. The number of ketones is 1. The van der Waals surface area contributed by atoms with Crippen LogP contribution in [0.15, 0.2) is 100 Å². The Kier molecular flexibility index (Phi) is 5.39. The van der Waals surface area contributed by atoms with E-state index in [0.29, 0.717) is 0 Å². The average molecular weight is 346 g/mol. The molecule has 0 amide bonds. The third kappa shape index (κ3) is 4.13. The molecule has 0 radical (unpaired) electrons. The Bertz CT molecular complexity index is 870. The first-order valence-electron chi connectivity index (χ1n) is 8.03. The second-order valence-corrected chi connectivity index (χ2v) is 5.48. The van der Waals surface area contributed by atoms with E-state index in [4.69, 9.17) is 9.47 Å². The van der Waals surface area contributed by atoms with Crippen molar-refractivity contribution in [2.24, 2.45) is 9.98 Å². The topological polar surface area (TPSA) is 60.3 Å². The molecule has 26 heavy (non-hydrogen) atoms. The van der Waals surface area contributed by atoms with E-state index in [1.54, 1.807) is 18.4 Å². The molecule has 0 aliphatic heterocycles. The molecule has 0 N–H and O–H groups in total. The summed E-state index contributed by atoms with van der Waals surface area (Å²) in [6, 6.07) is 9.76. The molecule has 2 aliphatic rings. The summed E-state index contributed by atoms with van der Waals surface area (Å²) in [6.45, 7) is 0. The van der Waals surface area contributed by atoms with Gasteiger partial charge in [0.25, 0.3) is 5.78 Å². The zero-order valence-corrected chi connectivity index (χ0v) is 14.5. The lowest BCUT2D eigenvalue weighted by molar-refractivity contribution is -0.117. The maximum absolute atomic E-state index is 11.9. The average Bonchev–Trinajstić information content (AvgIpc) is 2.69. The first kappa shape index (κ1) is 17.4. The van der Waals surface area contributed by atoms with Crippen LogP contribution in [-0.4, -0.2) is 31.4 Å².